The van der Waals surface area contributed by atoms with Gasteiger partial charge in [-0.15, -0.1) is 0 Å². The van der Waals surface area contributed by atoms with Crippen LogP contribution in [0.4, 0.5) is 0 Å². The fraction of sp³-hybridized carbons (Fsp3) is 1.00. The van der Waals surface area contributed by atoms with Crippen LogP contribution in [0, 0.1) is 17.8 Å². The van der Waals surface area contributed by atoms with Crippen LogP contribution < -0.4 is 0 Å². The van der Waals surface area contributed by atoms with E-state index in [4.69, 9.17) is 0 Å². The standard InChI is InChI=1S/C19H36N4/c1-20-7-9-22(10-8-20)13-16-3-5-23(6-4-16)19-11-17-14-21(2)15-18(17)12-19/h16-19H,3-15H2,1-2H3. The van der Waals surface area contributed by atoms with Crippen molar-refractivity contribution < 1.29 is 0 Å². The van der Waals surface area contributed by atoms with Crippen molar-refractivity contribution in [3.63, 3.8) is 0 Å². The molecule has 2 unspecified atom stereocenters. The lowest BCUT2D eigenvalue weighted by atomic mass is 9.94. The number of piperidine rings is 1. The Hall–Kier alpha value is -0.160. The van der Waals surface area contributed by atoms with Crippen LogP contribution in [-0.4, -0.2) is 98.6 Å². The minimum absolute atomic E-state index is 0.920. The third-order valence-electron chi connectivity index (χ3n) is 7.19. The molecule has 23 heavy (non-hydrogen) atoms. The fourth-order valence-electron chi connectivity index (χ4n) is 5.70. The maximum Gasteiger partial charge on any atom is 0.0110 e. The molecule has 0 spiro atoms. The quantitative estimate of drug-likeness (QED) is 0.777. The second-order valence-corrected chi connectivity index (χ2v) is 8.95. The van der Waals surface area contributed by atoms with E-state index in [0.29, 0.717) is 0 Å². The Morgan fingerprint density at radius 3 is 1.96 bits per heavy atom. The van der Waals surface area contributed by atoms with Crippen molar-refractivity contribution in [2.75, 3.05) is 73.0 Å². The molecule has 0 N–H and O–H groups in total. The maximum absolute atomic E-state index is 2.86. The van der Waals surface area contributed by atoms with E-state index in [1.807, 2.05) is 0 Å². The molecular formula is C19H36N4. The molecule has 3 aliphatic heterocycles. The Bertz CT molecular complexity index is 371. The lowest BCUT2D eigenvalue weighted by molar-refractivity contribution is 0.0871. The molecule has 3 saturated heterocycles. The Balaban J connectivity index is 1.20. The number of piperazine rings is 1. The molecule has 1 saturated carbocycles. The highest BCUT2D eigenvalue weighted by molar-refractivity contribution is 4.96. The highest BCUT2D eigenvalue weighted by atomic mass is 15.2. The number of hydrogen-bond acceptors (Lipinski definition) is 4. The molecule has 0 radical (unpaired) electrons. The molecule has 0 bridgehead atoms. The second kappa shape index (κ2) is 6.99. The number of hydrogen-bond donors (Lipinski definition) is 0. The predicted molar refractivity (Wildman–Crippen MR) is 95.7 cm³/mol. The van der Waals surface area contributed by atoms with Crippen LogP contribution in [0.2, 0.25) is 0 Å². The molecule has 1 aliphatic carbocycles. The molecule has 3 heterocycles. The van der Waals surface area contributed by atoms with Gasteiger partial charge in [0.1, 0.15) is 0 Å². The van der Waals surface area contributed by atoms with E-state index in [2.05, 4.69) is 33.7 Å². The highest BCUT2D eigenvalue weighted by Gasteiger charge is 2.42. The van der Waals surface area contributed by atoms with Gasteiger partial charge < -0.3 is 19.6 Å². The monoisotopic (exact) mass is 320 g/mol. The van der Waals surface area contributed by atoms with E-state index in [0.717, 1.165) is 23.8 Å². The molecule has 4 rings (SSSR count). The molecule has 0 amide bonds. The second-order valence-electron chi connectivity index (χ2n) is 8.95. The molecular weight excluding hydrogens is 284 g/mol. The summed E-state index contributed by atoms with van der Waals surface area (Å²) in [5.41, 5.74) is 0. The van der Waals surface area contributed by atoms with Gasteiger partial charge in [0.15, 0.2) is 0 Å². The molecule has 0 aromatic rings. The zero-order chi connectivity index (χ0) is 15.8. The summed E-state index contributed by atoms with van der Waals surface area (Å²) in [7, 11) is 4.56. The Kier molecular flexibility index (Phi) is 4.96. The molecule has 2 atom stereocenters. The van der Waals surface area contributed by atoms with Crippen LogP contribution in [0.25, 0.3) is 0 Å². The van der Waals surface area contributed by atoms with E-state index in [1.54, 1.807) is 0 Å². The highest BCUT2D eigenvalue weighted by Crippen LogP contribution is 2.40. The topological polar surface area (TPSA) is 13.0 Å². The van der Waals surface area contributed by atoms with Gasteiger partial charge in [0, 0.05) is 51.9 Å². The van der Waals surface area contributed by atoms with Crippen LogP contribution in [0.1, 0.15) is 25.7 Å². The van der Waals surface area contributed by atoms with Gasteiger partial charge in [-0.1, -0.05) is 0 Å². The summed E-state index contributed by atoms with van der Waals surface area (Å²) >= 11 is 0. The molecule has 4 nitrogen and oxygen atoms in total. The van der Waals surface area contributed by atoms with E-state index < -0.39 is 0 Å². The molecule has 4 heteroatoms. The summed E-state index contributed by atoms with van der Waals surface area (Å²) in [4.78, 5) is 10.6. The first kappa shape index (κ1) is 16.3. The zero-order valence-corrected chi connectivity index (χ0v) is 15.3. The zero-order valence-electron chi connectivity index (χ0n) is 15.3. The number of fused-ring (bicyclic) bond motifs is 1. The summed E-state index contributed by atoms with van der Waals surface area (Å²) in [5, 5.41) is 0. The van der Waals surface area contributed by atoms with Crippen LogP contribution in [-0.2, 0) is 0 Å². The lowest BCUT2D eigenvalue weighted by Gasteiger charge is -2.40. The van der Waals surface area contributed by atoms with E-state index in [1.165, 1.54) is 84.6 Å². The number of likely N-dealkylation sites (N-methyl/N-ethyl adjacent to an activating group) is 1. The number of rotatable bonds is 3. The summed E-state index contributed by atoms with van der Waals surface area (Å²) in [6.07, 6.45) is 5.85. The first-order valence-corrected chi connectivity index (χ1v) is 10.0. The SMILES string of the molecule is CN1CCN(CC2CCN(C3CC4CN(C)CC4C3)CC2)CC1. The van der Waals surface area contributed by atoms with E-state index in [9.17, 15) is 0 Å². The third kappa shape index (κ3) is 3.76. The van der Waals surface area contributed by atoms with Crippen molar-refractivity contribution in [3.05, 3.63) is 0 Å². The Labute approximate surface area is 142 Å². The largest absolute Gasteiger partial charge is 0.306 e. The van der Waals surface area contributed by atoms with Gasteiger partial charge in [0.2, 0.25) is 0 Å². The van der Waals surface area contributed by atoms with Gasteiger partial charge in [-0.05, 0) is 70.6 Å². The van der Waals surface area contributed by atoms with Gasteiger partial charge in [-0.3, -0.25) is 0 Å². The molecule has 4 aliphatic rings. The van der Waals surface area contributed by atoms with Crippen molar-refractivity contribution in [2.45, 2.75) is 31.7 Å². The summed E-state index contributed by atoms with van der Waals surface area (Å²) in [6, 6.07) is 0.920. The fourth-order valence-corrected chi connectivity index (χ4v) is 5.70. The molecule has 132 valence electrons. The van der Waals surface area contributed by atoms with Crippen LogP contribution in [0.3, 0.4) is 0 Å². The van der Waals surface area contributed by atoms with Crippen molar-refractivity contribution in [1.82, 2.24) is 19.6 Å². The van der Waals surface area contributed by atoms with Crippen molar-refractivity contribution in [2.24, 2.45) is 17.8 Å². The van der Waals surface area contributed by atoms with Crippen molar-refractivity contribution in [1.29, 1.82) is 0 Å². The average Bonchev–Trinajstić information content (AvgIpc) is 3.08. The molecule has 0 aromatic carbocycles. The van der Waals surface area contributed by atoms with Crippen molar-refractivity contribution >= 4 is 0 Å². The first-order valence-electron chi connectivity index (χ1n) is 10.0. The van der Waals surface area contributed by atoms with Gasteiger partial charge in [-0.2, -0.15) is 0 Å². The normalized spacial score (nSPS) is 39.1. The smallest absolute Gasteiger partial charge is 0.0110 e. The Morgan fingerprint density at radius 2 is 1.35 bits per heavy atom. The minimum Gasteiger partial charge on any atom is -0.306 e. The predicted octanol–water partition coefficient (Wildman–Crippen LogP) is 1.29. The van der Waals surface area contributed by atoms with Gasteiger partial charge >= 0.3 is 0 Å². The summed E-state index contributed by atoms with van der Waals surface area (Å²) in [6.45, 7) is 11.9. The van der Waals surface area contributed by atoms with Gasteiger partial charge in [0.05, 0.1) is 0 Å². The number of nitrogens with zero attached hydrogens (tertiary/aromatic N) is 4. The van der Waals surface area contributed by atoms with Crippen LogP contribution in [0.5, 0.6) is 0 Å². The Morgan fingerprint density at radius 1 is 0.739 bits per heavy atom. The van der Waals surface area contributed by atoms with Crippen LogP contribution >= 0.6 is 0 Å². The van der Waals surface area contributed by atoms with Gasteiger partial charge in [-0.25, -0.2) is 0 Å². The number of likely N-dealkylation sites (tertiary alicyclic amines) is 2. The first-order chi connectivity index (χ1) is 11.2. The van der Waals surface area contributed by atoms with Gasteiger partial charge in [0.25, 0.3) is 0 Å². The lowest BCUT2D eigenvalue weighted by Crippen LogP contribution is -2.48. The molecule has 0 aromatic heterocycles. The average molecular weight is 321 g/mol. The maximum atomic E-state index is 2.86. The summed E-state index contributed by atoms with van der Waals surface area (Å²) in [5.74, 6) is 2.97. The van der Waals surface area contributed by atoms with Crippen molar-refractivity contribution in [3.8, 4) is 0 Å². The summed E-state index contributed by atoms with van der Waals surface area (Å²) < 4.78 is 0. The van der Waals surface area contributed by atoms with Crippen LogP contribution in [0.15, 0.2) is 0 Å². The third-order valence-corrected chi connectivity index (χ3v) is 7.19. The minimum atomic E-state index is 0.920. The molecule has 4 fully saturated rings. The van der Waals surface area contributed by atoms with E-state index in [-0.39, 0.29) is 0 Å². The van der Waals surface area contributed by atoms with E-state index >= 15 is 0 Å².